The van der Waals surface area contributed by atoms with Crippen LogP contribution in [0.3, 0.4) is 0 Å². The normalized spacial score (nSPS) is 11.6. The zero-order valence-electron chi connectivity index (χ0n) is 11.8. The summed E-state index contributed by atoms with van der Waals surface area (Å²) in [6.07, 6.45) is 1.84. The Morgan fingerprint density at radius 2 is 1.90 bits per heavy atom. The lowest BCUT2D eigenvalue weighted by molar-refractivity contribution is -0.139. The minimum Gasteiger partial charge on any atom is -0.463 e. The van der Waals surface area contributed by atoms with Crippen LogP contribution in [-0.4, -0.2) is 26.3 Å². The molecule has 0 aliphatic heterocycles. The predicted molar refractivity (Wildman–Crippen MR) is 80.4 cm³/mol. The van der Waals surface area contributed by atoms with Crippen LogP contribution in [0.15, 0.2) is 48.0 Å². The summed E-state index contributed by atoms with van der Waals surface area (Å²) in [4.78, 5) is 11.9. The van der Waals surface area contributed by atoms with Crippen LogP contribution < -0.4 is 0 Å². The van der Waals surface area contributed by atoms with Gasteiger partial charge in [0, 0.05) is 7.11 Å². The molecular formula is C17H18O3. The second-order valence-electron chi connectivity index (χ2n) is 4.39. The van der Waals surface area contributed by atoms with Crippen LogP contribution in [0.2, 0.25) is 0 Å². The summed E-state index contributed by atoms with van der Waals surface area (Å²) < 4.78 is 10.1. The third kappa shape index (κ3) is 3.25. The van der Waals surface area contributed by atoms with Crippen molar-refractivity contribution in [1.29, 1.82) is 0 Å². The lowest BCUT2D eigenvalue weighted by Crippen LogP contribution is -2.11. The van der Waals surface area contributed by atoms with Crippen molar-refractivity contribution < 1.29 is 14.3 Å². The number of esters is 1. The smallest absolute Gasteiger partial charge is 0.336 e. The number of carbonyl (C=O) groups excluding carboxylic acids is 1. The van der Waals surface area contributed by atoms with Gasteiger partial charge in [0.15, 0.2) is 0 Å². The molecule has 2 aromatic rings. The van der Waals surface area contributed by atoms with Gasteiger partial charge >= 0.3 is 5.97 Å². The Kier molecular flexibility index (Phi) is 4.91. The van der Waals surface area contributed by atoms with Gasteiger partial charge in [0.25, 0.3) is 0 Å². The van der Waals surface area contributed by atoms with Gasteiger partial charge in [-0.05, 0) is 29.3 Å². The average Bonchev–Trinajstić information content (AvgIpc) is 2.47. The van der Waals surface area contributed by atoms with Crippen LogP contribution in [0.25, 0.3) is 16.8 Å². The largest absolute Gasteiger partial charge is 0.463 e. The third-order valence-corrected chi connectivity index (χ3v) is 2.99. The number of rotatable bonds is 5. The Morgan fingerprint density at radius 3 is 2.65 bits per heavy atom. The van der Waals surface area contributed by atoms with Gasteiger partial charge in [0.2, 0.25) is 0 Å². The quantitative estimate of drug-likeness (QED) is 0.617. The topological polar surface area (TPSA) is 35.5 Å². The van der Waals surface area contributed by atoms with Crippen LogP contribution in [0, 0.1) is 0 Å². The molecule has 3 nitrogen and oxygen atoms in total. The molecule has 20 heavy (non-hydrogen) atoms. The molecule has 0 unspecified atom stereocenters. The Labute approximate surface area is 118 Å². The molecule has 104 valence electrons. The molecule has 0 amide bonds. The first-order valence-corrected chi connectivity index (χ1v) is 6.60. The fourth-order valence-corrected chi connectivity index (χ4v) is 2.10. The average molecular weight is 270 g/mol. The number of ether oxygens (including phenoxy) is 2. The second-order valence-corrected chi connectivity index (χ2v) is 4.39. The van der Waals surface area contributed by atoms with Gasteiger partial charge in [-0.2, -0.15) is 0 Å². The van der Waals surface area contributed by atoms with Gasteiger partial charge in [-0.3, -0.25) is 0 Å². The number of methoxy groups -OCH3 is 1. The van der Waals surface area contributed by atoms with Crippen molar-refractivity contribution in [2.75, 3.05) is 20.3 Å². The van der Waals surface area contributed by atoms with E-state index >= 15 is 0 Å². The van der Waals surface area contributed by atoms with Crippen LogP contribution in [0.5, 0.6) is 0 Å². The summed E-state index contributed by atoms with van der Waals surface area (Å²) >= 11 is 0. The molecule has 0 aliphatic rings. The van der Waals surface area contributed by atoms with E-state index < -0.39 is 0 Å². The van der Waals surface area contributed by atoms with E-state index in [1.54, 1.807) is 14.0 Å². The van der Waals surface area contributed by atoms with Gasteiger partial charge in [0.1, 0.15) is 0 Å². The van der Waals surface area contributed by atoms with E-state index in [-0.39, 0.29) is 12.6 Å². The predicted octanol–water partition coefficient (Wildman–Crippen LogP) is 3.43. The summed E-state index contributed by atoms with van der Waals surface area (Å²) in [6.45, 7) is 2.39. The summed E-state index contributed by atoms with van der Waals surface area (Å²) in [7, 11) is 1.57. The molecule has 0 radical (unpaired) electrons. The summed E-state index contributed by atoms with van der Waals surface area (Å²) in [6, 6.07) is 14.1. The highest BCUT2D eigenvalue weighted by Crippen LogP contribution is 2.21. The van der Waals surface area contributed by atoms with Crippen molar-refractivity contribution in [2.45, 2.75) is 6.92 Å². The van der Waals surface area contributed by atoms with Crippen molar-refractivity contribution in [2.24, 2.45) is 0 Å². The molecule has 0 saturated heterocycles. The van der Waals surface area contributed by atoms with E-state index in [4.69, 9.17) is 9.47 Å². The summed E-state index contributed by atoms with van der Waals surface area (Å²) in [5.41, 5.74) is 1.51. The molecule has 0 spiro atoms. The van der Waals surface area contributed by atoms with Crippen molar-refractivity contribution >= 4 is 22.8 Å². The zero-order chi connectivity index (χ0) is 14.4. The van der Waals surface area contributed by atoms with E-state index in [2.05, 4.69) is 0 Å². The Morgan fingerprint density at radius 1 is 1.15 bits per heavy atom. The zero-order valence-corrected chi connectivity index (χ0v) is 11.8. The van der Waals surface area contributed by atoms with Crippen molar-refractivity contribution in [1.82, 2.24) is 0 Å². The molecule has 0 atom stereocenters. The molecule has 2 aromatic carbocycles. The highest BCUT2D eigenvalue weighted by molar-refractivity contribution is 5.98. The highest BCUT2D eigenvalue weighted by atomic mass is 16.5. The maximum Gasteiger partial charge on any atom is 0.336 e. The SMILES string of the molecule is CCOC(=O)C(=Cc1cccc2ccccc12)COC. The van der Waals surface area contributed by atoms with E-state index in [9.17, 15) is 4.79 Å². The first-order chi connectivity index (χ1) is 9.76. The van der Waals surface area contributed by atoms with E-state index in [0.29, 0.717) is 12.2 Å². The maximum atomic E-state index is 11.9. The van der Waals surface area contributed by atoms with Crippen LogP contribution in [-0.2, 0) is 14.3 Å². The molecular weight excluding hydrogens is 252 g/mol. The van der Waals surface area contributed by atoms with Crippen LogP contribution in [0.4, 0.5) is 0 Å². The number of benzene rings is 2. The molecule has 0 aliphatic carbocycles. The Hall–Kier alpha value is -2.13. The minimum absolute atomic E-state index is 0.238. The minimum atomic E-state index is -0.331. The number of hydrogen-bond donors (Lipinski definition) is 0. The van der Waals surface area contributed by atoms with E-state index in [1.165, 1.54) is 0 Å². The van der Waals surface area contributed by atoms with Gasteiger partial charge in [-0.15, -0.1) is 0 Å². The molecule has 3 heteroatoms. The second kappa shape index (κ2) is 6.87. The van der Waals surface area contributed by atoms with Gasteiger partial charge < -0.3 is 9.47 Å². The third-order valence-electron chi connectivity index (χ3n) is 2.99. The fourth-order valence-electron chi connectivity index (χ4n) is 2.10. The molecule has 0 N–H and O–H groups in total. The fraction of sp³-hybridized carbons (Fsp3) is 0.235. The molecule has 0 saturated carbocycles. The molecule has 0 fully saturated rings. The Balaban J connectivity index is 2.45. The van der Waals surface area contributed by atoms with Crippen molar-refractivity contribution in [3.8, 4) is 0 Å². The first kappa shape index (κ1) is 14.3. The van der Waals surface area contributed by atoms with E-state index in [0.717, 1.165) is 16.3 Å². The molecule has 2 rings (SSSR count). The van der Waals surface area contributed by atoms with Crippen LogP contribution in [0.1, 0.15) is 12.5 Å². The molecule has 0 heterocycles. The lowest BCUT2D eigenvalue weighted by Gasteiger charge is -2.07. The van der Waals surface area contributed by atoms with Gasteiger partial charge in [-0.1, -0.05) is 42.5 Å². The Bertz CT molecular complexity index is 624. The van der Waals surface area contributed by atoms with Crippen molar-refractivity contribution in [3.05, 3.63) is 53.6 Å². The maximum absolute atomic E-state index is 11.9. The molecule has 0 bridgehead atoms. The van der Waals surface area contributed by atoms with Gasteiger partial charge in [0.05, 0.1) is 18.8 Å². The summed E-state index contributed by atoms with van der Waals surface area (Å²) in [5, 5.41) is 2.25. The lowest BCUT2D eigenvalue weighted by atomic mass is 10.0. The highest BCUT2D eigenvalue weighted by Gasteiger charge is 2.11. The number of carbonyl (C=O) groups is 1. The standard InChI is InChI=1S/C17H18O3/c1-3-20-17(18)15(12-19-2)11-14-9-6-8-13-7-4-5-10-16(13)14/h4-11H,3,12H2,1-2H3. The monoisotopic (exact) mass is 270 g/mol. The van der Waals surface area contributed by atoms with Crippen molar-refractivity contribution in [3.63, 3.8) is 0 Å². The van der Waals surface area contributed by atoms with E-state index in [1.807, 2.05) is 48.5 Å². The van der Waals surface area contributed by atoms with Gasteiger partial charge in [-0.25, -0.2) is 4.79 Å². The number of fused-ring (bicyclic) bond motifs is 1. The first-order valence-electron chi connectivity index (χ1n) is 6.60. The molecule has 0 aromatic heterocycles. The number of hydrogen-bond acceptors (Lipinski definition) is 3. The summed E-state index contributed by atoms with van der Waals surface area (Å²) in [5.74, 6) is -0.331. The van der Waals surface area contributed by atoms with Crippen LogP contribution >= 0.6 is 0 Å².